The first-order chi connectivity index (χ1) is 10.3. The largest absolute Gasteiger partial charge is 0.346 e. The number of hydrogen-bond acceptors (Lipinski definition) is 3. The molecule has 0 atom stereocenters. The molecular formula is C16H16ClN2S2+. The van der Waals surface area contributed by atoms with Crippen LogP contribution in [0.4, 0.5) is 0 Å². The van der Waals surface area contributed by atoms with Crippen molar-refractivity contribution in [1.29, 1.82) is 5.26 Å². The molecule has 0 saturated carbocycles. The molecule has 108 valence electrons. The summed E-state index contributed by atoms with van der Waals surface area (Å²) in [6.45, 7) is 2.30. The number of hydrogen-bond donors (Lipinski definition) is 1. The highest BCUT2D eigenvalue weighted by molar-refractivity contribution is 7.98. The lowest BCUT2D eigenvalue weighted by Gasteiger charge is -2.12. The number of nitrogens with zero attached hydrogens (tertiary/aromatic N) is 1. The van der Waals surface area contributed by atoms with E-state index in [0.717, 1.165) is 42.3 Å². The van der Waals surface area contributed by atoms with Crippen molar-refractivity contribution in [2.75, 3.05) is 13.1 Å². The predicted octanol–water partition coefficient (Wildman–Crippen LogP) is 3.23. The van der Waals surface area contributed by atoms with E-state index in [1.165, 1.54) is 20.9 Å². The molecule has 2 nitrogen and oxygen atoms in total. The summed E-state index contributed by atoms with van der Waals surface area (Å²) in [5.74, 6) is 0.881. The van der Waals surface area contributed by atoms with Crippen LogP contribution in [0.25, 0.3) is 0 Å². The van der Waals surface area contributed by atoms with Gasteiger partial charge in [0.1, 0.15) is 6.07 Å². The zero-order valence-electron chi connectivity index (χ0n) is 11.6. The number of halogens is 1. The van der Waals surface area contributed by atoms with Gasteiger partial charge in [-0.05, 0) is 23.3 Å². The number of thiophene rings is 1. The van der Waals surface area contributed by atoms with Crippen molar-refractivity contribution in [2.24, 2.45) is 0 Å². The van der Waals surface area contributed by atoms with Crippen LogP contribution in [-0.2, 0) is 18.6 Å². The Morgan fingerprint density at radius 2 is 2.19 bits per heavy atom. The maximum atomic E-state index is 8.89. The second-order valence-corrected chi connectivity index (χ2v) is 7.47. The third kappa shape index (κ3) is 3.44. The molecule has 0 bridgehead atoms. The molecule has 0 radical (unpaired) electrons. The Hall–Kier alpha value is -0.990. The van der Waals surface area contributed by atoms with Crippen molar-refractivity contribution < 1.29 is 5.32 Å². The number of fused-ring (bicyclic) bond motifs is 1. The fourth-order valence-electron chi connectivity index (χ4n) is 2.61. The minimum Gasteiger partial charge on any atom is -0.346 e. The molecule has 0 saturated heterocycles. The lowest BCUT2D eigenvalue weighted by molar-refractivity contribution is -0.652. The van der Waals surface area contributed by atoms with Crippen LogP contribution in [0.3, 0.4) is 0 Å². The molecule has 2 N–H and O–H groups in total. The van der Waals surface area contributed by atoms with Gasteiger partial charge in [-0.15, -0.1) is 23.1 Å². The summed E-state index contributed by atoms with van der Waals surface area (Å²) in [5.41, 5.74) is 3.63. The van der Waals surface area contributed by atoms with Crippen molar-refractivity contribution in [3.8, 4) is 6.07 Å². The molecule has 0 amide bonds. The van der Waals surface area contributed by atoms with Gasteiger partial charge in [0.2, 0.25) is 0 Å². The summed E-state index contributed by atoms with van der Waals surface area (Å²) < 4.78 is 0. The number of thioether (sulfide) groups is 1. The monoisotopic (exact) mass is 335 g/mol. The quantitative estimate of drug-likeness (QED) is 0.875. The Bertz CT molecular complexity index is 688. The fourth-order valence-corrected chi connectivity index (χ4v) is 4.98. The Balaban J connectivity index is 1.83. The molecule has 21 heavy (non-hydrogen) atoms. The lowest BCUT2D eigenvalue weighted by atomic mass is 10.0. The van der Waals surface area contributed by atoms with Crippen LogP contribution in [0.15, 0.2) is 28.5 Å². The third-order valence-electron chi connectivity index (χ3n) is 3.67. The number of quaternary nitrogens is 1. The average molecular weight is 336 g/mol. The minimum atomic E-state index is 0.753. The molecule has 1 aliphatic heterocycles. The molecule has 3 rings (SSSR count). The lowest BCUT2D eigenvalue weighted by Crippen LogP contribution is -2.84. The van der Waals surface area contributed by atoms with E-state index in [4.69, 9.17) is 16.9 Å². The van der Waals surface area contributed by atoms with E-state index in [1.54, 1.807) is 23.1 Å². The summed E-state index contributed by atoms with van der Waals surface area (Å²) in [7, 11) is 0. The van der Waals surface area contributed by atoms with E-state index in [-0.39, 0.29) is 0 Å². The van der Waals surface area contributed by atoms with Crippen LogP contribution >= 0.6 is 34.7 Å². The van der Waals surface area contributed by atoms with Gasteiger partial charge in [-0.25, -0.2) is 0 Å². The Labute approximate surface area is 138 Å². The van der Waals surface area contributed by atoms with Gasteiger partial charge >= 0.3 is 0 Å². The van der Waals surface area contributed by atoms with Crippen LogP contribution < -0.4 is 5.32 Å². The molecule has 1 aliphatic rings. The van der Waals surface area contributed by atoms with Crippen LogP contribution in [0, 0.1) is 11.3 Å². The van der Waals surface area contributed by atoms with E-state index < -0.39 is 0 Å². The third-order valence-corrected chi connectivity index (χ3v) is 6.42. The van der Waals surface area contributed by atoms with E-state index in [2.05, 4.69) is 17.5 Å². The standard InChI is InChI=1S/C16H15ClN2S2/c17-15-2-1-12-3-5-19-6-4-14(12)16(15)21-10-13-7-11(8-18)9-20-13/h1-2,7,9,19H,3-6,10H2/p+1. The second kappa shape index (κ2) is 6.85. The van der Waals surface area contributed by atoms with Crippen LogP contribution in [0.1, 0.15) is 21.6 Å². The van der Waals surface area contributed by atoms with Gasteiger partial charge in [0, 0.05) is 33.7 Å². The van der Waals surface area contributed by atoms with E-state index in [9.17, 15) is 0 Å². The number of benzene rings is 1. The average Bonchev–Trinajstić information content (AvgIpc) is 2.82. The summed E-state index contributed by atoms with van der Waals surface area (Å²) in [5, 5.41) is 14.0. The molecule has 0 aliphatic carbocycles. The second-order valence-electron chi connectivity index (χ2n) is 5.08. The molecule has 2 heterocycles. The highest BCUT2D eigenvalue weighted by Gasteiger charge is 2.16. The van der Waals surface area contributed by atoms with Crippen molar-refractivity contribution in [3.63, 3.8) is 0 Å². The molecule has 0 unspecified atom stereocenters. The SMILES string of the molecule is N#Cc1csc(CSc2c(Cl)ccc3c2CC[NH2+]CC3)c1. The highest BCUT2D eigenvalue weighted by Crippen LogP contribution is 2.36. The summed E-state index contributed by atoms with van der Waals surface area (Å²) in [6.07, 6.45) is 2.21. The fraction of sp³-hybridized carbons (Fsp3) is 0.312. The number of nitriles is 1. The zero-order valence-corrected chi connectivity index (χ0v) is 14.0. The normalized spacial score (nSPS) is 14.3. The molecule has 0 fully saturated rings. The van der Waals surface area contributed by atoms with E-state index in [1.807, 2.05) is 17.5 Å². The van der Waals surface area contributed by atoms with Crippen LogP contribution in [-0.4, -0.2) is 13.1 Å². The van der Waals surface area contributed by atoms with Gasteiger partial charge in [0.25, 0.3) is 0 Å². The molecule has 1 aromatic heterocycles. The van der Waals surface area contributed by atoms with Crippen molar-refractivity contribution in [2.45, 2.75) is 23.5 Å². The van der Waals surface area contributed by atoms with Gasteiger partial charge in [0.05, 0.1) is 23.7 Å². The zero-order chi connectivity index (χ0) is 14.7. The molecular weight excluding hydrogens is 320 g/mol. The maximum Gasteiger partial charge on any atom is 0.100 e. The van der Waals surface area contributed by atoms with Crippen LogP contribution in [0.2, 0.25) is 5.02 Å². The van der Waals surface area contributed by atoms with Crippen molar-refractivity contribution in [3.05, 3.63) is 50.2 Å². The molecule has 1 aromatic carbocycles. The predicted molar refractivity (Wildman–Crippen MR) is 89.1 cm³/mol. The molecule has 5 heteroatoms. The number of rotatable bonds is 3. The molecule has 0 spiro atoms. The van der Waals surface area contributed by atoms with Gasteiger partial charge in [-0.3, -0.25) is 0 Å². The number of nitrogens with two attached hydrogens (primary N) is 1. The Morgan fingerprint density at radius 1 is 1.33 bits per heavy atom. The maximum absolute atomic E-state index is 8.89. The first-order valence-corrected chi connectivity index (χ1v) is 9.24. The summed E-state index contributed by atoms with van der Waals surface area (Å²) >= 11 is 9.88. The van der Waals surface area contributed by atoms with Gasteiger partial charge in [-0.2, -0.15) is 5.26 Å². The Kier molecular flexibility index (Phi) is 4.87. The molecule has 2 aromatic rings. The van der Waals surface area contributed by atoms with Gasteiger partial charge < -0.3 is 5.32 Å². The van der Waals surface area contributed by atoms with Gasteiger partial charge in [0.15, 0.2) is 0 Å². The smallest absolute Gasteiger partial charge is 0.100 e. The first-order valence-electron chi connectivity index (χ1n) is 7.00. The van der Waals surface area contributed by atoms with Crippen molar-refractivity contribution in [1.82, 2.24) is 0 Å². The van der Waals surface area contributed by atoms with Gasteiger partial charge in [-0.1, -0.05) is 17.7 Å². The van der Waals surface area contributed by atoms with Crippen LogP contribution in [0.5, 0.6) is 0 Å². The summed E-state index contributed by atoms with van der Waals surface area (Å²) in [6, 6.07) is 8.37. The van der Waals surface area contributed by atoms with Crippen molar-refractivity contribution >= 4 is 34.7 Å². The summed E-state index contributed by atoms with van der Waals surface area (Å²) in [4.78, 5) is 2.46. The topological polar surface area (TPSA) is 40.4 Å². The first kappa shape index (κ1) is 14.9. The minimum absolute atomic E-state index is 0.753. The highest BCUT2D eigenvalue weighted by atomic mass is 35.5. The van der Waals surface area contributed by atoms with E-state index in [0.29, 0.717) is 0 Å². The Morgan fingerprint density at radius 3 is 3.00 bits per heavy atom. The van der Waals surface area contributed by atoms with E-state index >= 15 is 0 Å².